The van der Waals surface area contributed by atoms with Gasteiger partial charge in [-0.2, -0.15) is 0 Å². The van der Waals surface area contributed by atoms with Crippen LogP contribution in [0.1, 0.15) is 106 Å². The number of hydrogen-bond acceptors (Lipinski definition) is 2. The lowest BCUT2D eigenvalue weighted by atomic mass is 9.77. The van der Waals surface area contributed by atoms with Gasteiger partial charge in [0.2, 0.25) is 0 Å². The lowest BCUT2D eigenvalue weighted by Crippen LogP contribution is -2.13. The average Bonchev–Trinajstić information content (AvgIpc) is 2.80. The predicted octanol–water partition coefficient (Wildman–Crippen LogP) is 8.15. The molecule has 0 N–H and O–H groups in total. The molecule has 3 rings (SSSR count). The van der Waals surface area contributed by atoms with Gasteiger partial charge in [0, 0.05) is 12.0 Å². The van der Waals surface area contributed by atoms with Crippen molar-refractivity contribution >= 4 is 11.6 Å². The fourth-order valence-electron chi connectivity index (χ4n) is 4.91. The van der Waals surface area contributed by atoms with Crippen LogP contribution in [0.5, 0.6) is 0 Å². The van der Waals surface area contributed by atoms with Crippen LogP contribution in [0.3, 0.4) is 0 Å². The SMILES string of the molecule is CCCCCC1CCC(c2ccc(-c3ccc(C(=O)CC(=O)CCC)cc3)cc2)CC1. The van der Waals surface area contributed by atoms with Crippen LogP contribution in [-0.4, -0.2) is 11.6 Å². The van der Waals surface area contributed by atoms with Gasteiger partial charge in [-0.1, -0.05) is 88.1 Å². The number of carbonyl (C=O) groups excluding carboxylic acids is 2. The summed E-state index contributed by atoms with van der Waals surface area (Å²) in [6.45, 7) is 4.24. The molecule has 1 aliphatic rings. The highest BCUT2D eigenvalue weighted by Gasteiger charge is 2.22. The van der Waals surface area contributed by atoms with E-state index in [1.807, 2.05) is 31.2 Å². The Morgan fingerprint density at radius 1 is 0.774 bits per heavy atom. The van der Waals surface area contributed by atoms with Crippen molar-refractivity contribution < 1.29 is 9.59 Å². The van der Waals surface area contributed by atoms with E-state index in [1.54, 1.807) is 0 Å². The van der Waals surface area contributed by atoms with Gasteiger partial charge >= 0.3 is 0 Å². The summed E-state index contributed by atoms with van der Waals surface area (Å²) in [5.74, 6) is 1.60. The smallest absolute Gasteiger partial charge is 0.170 e. The summed E-state index contributed by atoms with van der Waals surface area (Å²) in [5, 5.41) is 0. The highest BCUT2D eigenvalue weighted by Crippen LogP contribution is 2.38. The molecule has 1 saturated carbocycles. The molecule has 1 aliphatic carbocycles. The molecule has 166 valence electrons. The Bertz CT molecular complexity index is 824. The van der Waals surface area contributed by atoms with Gasteiger partial charge in [0.25, 0.3) is 0 Å². The Balaban J connectivity index is 1.54. The first-order valence-electron chi connectivity index (χ1n) is 12.4. The van der Waals surface area contributed by atoms with Crippen LogP contribution in [0.2, 0.25) is 0 Å². The maximum atomic E-state index is 12.3. The molecule has 2 heteroatoms. The first kappa shape index (κ1) is 23.4. The maximum Gasteiger partial charge on any atom is 0.170 e. The Labute approximate surface area is 188 Å². The van der Waals surface area contributed by atoms with Crippen LogP contribution in [0.4, 0.5) is 0 Å². The third-order valence-corrected chi connectivity index (χ3v) is 6.87. The summed E-state index contributed by atoms with van der Waals surface area (Å²) in [7, 11) is 0. The van der Waals surface area contributed by atoms with Gasteiger partial charge in [-0.05, 0) is 60.6 Å². The van der Waals surface area contributed by atoms with Crippen molar-refractivity contribution in [3.63, 3.8) is 0 Å². The van der Waals surface area contributed by atoms with Crippen LogP contribution in [0, 0.1) is 5.92 Å². The van der Waals surface area contributed by atoms with Crippen LogP contribution >= 0.6 is 0 Å². The molecule has 0 radical (unpaired) electrons. The Kier molecular flexibility index (Phi) is 9.06. The number of rotatable bonds is 11. The number of carbonyl (C=O) groups is 2. The molecule has 0 aromatic heterocycles. The van der Waals surface area contributed by atoms with E-state index in [-0.39, 0.29) is 18.0 Å². The molecule has 0 spiro atoms. The summed E-state index contributed by atoms with van der Waals surface area (Å²) in [6.07, 6.45) is 12.2. The van der Waals surface area contributed by atoms with E-state index in [0.717, 1.165) is 17.9 Å². The minimum Gasteiger partial charge on any atom is -0.299 e. The van der Waals surface area contributed by atoms with E-state index in [2.05, 4.69) is 31.2 Å². The van der Waals surface area contributed by atoms with Crippen LogP contribution in [-0.2, 0) is 4.79 Å². The number of benzene rings is 2. The van der Waals surface area contributed by atoms with E-state index in [0.29, 0.717) is 17.9 Å². The molecular formula is C29H38O2. The van der Waals surface area contributed by atoms with E-state index in [9.17, 15) is 9.59 Å². The third-order valence-electron chi connectivity index (χ3n) is 6.87. The standard InChI is InChI=1S/C29H38O2/c1-3-5-6-8-22-9-11-23(12-10-22)24-13-15-25(16-14-24)26-17-19-27(20-18-26)29(31)21-28(30)7-4-2/h13-20,22-23H,3-12,21H2,1-2H3. The molecule has 2 nitrogen and oxygen atoms in total. The molecule has 2 aromatic carbocycles. The predicted molar refractivity (Wildman–Crippen MR) is 130 cm³/mol. The number of Topliss-reactive ketones (excluding diaryl/α,β-unsaturated/α-hetero) is 2. The highest BCUT2D eigenvalue weighted by molar-refractivity contribution is 6.08. The second-order valence-electron chi connectivity index (χ2n) is 9.30. The molecule has 2 aromatic rings. The molecule has 0 saturated heterocycles. The van der Waals surface area contributed by atoms with Gasteiger partial charge in [-0.25, -0.2) is 0 Å². The summed E-state index contributed by atoms with van der Waals surface area (Å²) in [4.78, 5) is 24.0. The molecule has 0 heterocycles. The van der Waals surface area contributed by atoms with Gasteiger partial charge in [0.15, 0.2) is 5.78 Å². The summed E-state index contributed by atoms with van der Waals surface area (Å²) < 4.78 is 0. The fraction of sp³-hybridized carbons (Fsp3) is 0.517. The van der Waals surface area contributed by atoms with Gasteiger partial charge < -0.3 is 0 Å². The van der Waals surface area contributed by atoms with Gasteiger partial charge in [0.1, 0.15) is 5.78 Å². The summed E-state index contributed by atoms with van der Waals surface area (Å²) in [5.41, 5.74) is 4.39. The zero-order chi connectivity index (χ0) is 22.1. The zero-order valence-corrected chi connectivity index (χ0v) is 19.4. The van der Waals surface area contributed by atoms with Crippen molar-refractivity contribution in [1.29, 1.82) is 0 Å². The Morgan fingerprint density at radius 2 is 1.39 bits per heavy atom. The second kappa shape index (κ2) is 12.0. The normalized spacial score (nSPS) is 18.6. The van der Waals surface area contributed by atoms with E-state index >= 15 is 0 Å². The van der Waals surface area contributed by atoms with Gasteiger partial charge in [-0.3, -0.25) is 9.59 Å². The summed E-state index contributed by atoms with van der Waals surface area (Å²) in [6, 6.07) is 16.7. The summed E-state index contributed by atoms with van der Waals surface area (Å²) >= 11 is 0. The monoisotopic (exact) mass is 418 g/mol. The molecule has 0 aliphatic heterocycles. The van der Waals surface area contributed by atoms with Crippen LogP contribution in [0.15, 0.2) is 48.5 Å². The third kappa shape index (κ3) is 6.89. The molecule has 0 atom stereocenters. The lowest BCUT2D eigenvalue weighted by Gasteiger charge is -2.29. The fourth-order valence-corrected chi connectivity index (χ4v) is 4.91. The number of unbranched alkanes of at least 4 members (excludes halogenated alkanes) is 2. The molecular weight excluding hydrogens is 380 g/mol. The molecule has 1 fully saturated rings. The van der Waals surface area contributed by atoms with Crippen molar-refractivity contribution in [2.24, 2.45) is 5.92 Å². The van der Waals surface area contributed by atoms with Crippen molar-refractivity contribution in [3.05, 3.63) is 59.7 Å². The topological polar surface area (TPSA) is 34.1 Å². The molecule has 0 amide bonds. The maximum absolute atomic E-state index is 12.3. The van der Waals surface area contributed by atoms with Crippen molar-refractivity contribution in [3.8, 4) is 11.1 Å². The van der Waals surface area contributed by atoms with E-state index < -0.39 is 0 Å². The lowest BCUT2D eigenvalue weighted by molar-refractivity contribution is -0.118. The van der Waals surface area contributed by atoms with Crippen molar-refractivity contribution in [1.82, 2.24) is 0 Å². The van der Waals surface area contributed by atoms with E-state index in [4.69, 9.17) is 0 Å². The zero-order valence-electron chi connectivity index (χ0n) is 19.4. The van der Waals surface area contributed by atoms with Gasteiger partial charge in [-0.15, -0.1) is 0 Å². The van der Waals surface area contributed by atoms with Crippen molar-refractivity contribution in [2.75, 3.05) is 0 Å². The van der Waals surface area contributed by atoms with Crippen LogP contribution < -0.4 is 0 Å². The van der Waals surface area contributed by atoms with Crippen LogP contribution in [0.25, 0.3) is 11.1 Å². The molecule has 0 bridgehead atoms. The minimum atomic E-state index is -0.0781. The minimum absolute atomic E-state index is 0.0166. The first-order chi connectivity index (χ1) is 15.1. The molecule has 31 heavy (non-hydrogen) atoms. The number of hydrogen-bond donors (Lipinski definition) is 0. The number of ketones is 2. The largest absolute Gasteiger partial charge is 0.299 e. The second-order valence-corrected chi connectivity index (χ2v) is 9.30. The highest BCUT2D eigenvalue weighted by atomic mass is 16.1. The first-order valence-corrected chi connectivity index (χ1v) is 12.4. The van der Waals surface area contributed by atoms with E-state index in [1.165, 1.54) is 62.5 Å². The quantitative estimate of drug-likeness (QED) is 0.209. The van der Waals surface area contributed by atoms with Crippen molar-refractivity contribution in [2.45, 2.75) is 90.4 Å². The van der Waals surface area contributed by atoms with Gasteiger partial charge in [0.05, 0.1) is 6.42 Å². The Hall–Kier alpha value is -2.22. The average molecular weight is 419 g/mol. The molecule has 0 unspecified atom stereocenters. The Morgan fingerprint density at radius 3 is 1.97 bits per heavy atom.